The number of carboxylic acid groups (broad SMARTS) is 2. The fraction of sp³-hybridized carbons (Fsp3) is 0.600. The second-order valence-corrected chi connectivity index (χ2v) is 3.75. The maximum Gasteiger partial charge on any atom is 0.325 e. The number of hydrogen-bond acceptors (Lipinski definition) is 4. The number of hydrogen-bond donors (Lipinski definition) is 4. The van der Waals surface area contributed by atoms with Crippen LogP contribution in [0.2, 0.25) is 0 Å². The quantitative estimate of drug-likeness (QED) is 0.461. The summed E-state index contributed by atoms with van der Waals surface area (Å²) in [6, 6.07) is -2.17. The number of amides is 2. The van der Waals surface area contributed by atoms with Gasteiger partial charge >= 0.3 is 11.9 Å². The molecule has 18 heavy (non-hydrogen) atoms. The Morgan fingerprint density at radius 2 is 1.67 bits per heavy atom. The average Bonchev–Trinajstić information content (AvgIpc) is 2.22. The Hall–Kier alpha value is -2.12. The maximum absolute atomic E-state index is 11.6. The van der Waals surface area contributed by atoms with E-state index in [0.717, 1.165) is 0 Å². The van der Waals surface area contributed by atoms with Crippen molar-refractivity contribution in [3.8, 4) is 0 Å². The lowest BCUT2D eigenvalue weighted by Crippen LogP contribution is -2.50. The Balaban J connectivity index is 4.53. The van der Waals surface area contributed by atoms with Crippen LogP contribution in [0.3, 0.4) is 0 Å². The lowest BCUT2D eigenvalue weighted by Gasteiger charge is -2.18. The third kappa shape index (κ3) is 6.46. The minimum absolute atomic E-state index is 0.104. The van der Waals surface area contributed by atoms with E-state index in [2.05, 4.69) is 10.6 Å². The van der Waals surface area contributed by atoms with Crippen LogP contribution < -0.4 is 10.6 Å². The number of carbonyl (C=O) groups is 4. The van der Waals surface area contributed by atoms with Gasteiger partial charge in [-0.1, -0.05) is 0 Å². The standard InChI is InChI=1S/C10H16N2O6/c1-5(10(17)18)11-9(16)7(12-6(2)13)3-4-8(14)15/h5,7H,3-4H2,1-2H3,(H,11,16)(H,12,13)(H,14,15)(H,17,18)/t5-,7+/m1/s1. The molecule has 2 amide bonds. The van der Waals surface area contributed by atoms with E-state index >= 15 is 0 Å². The van der Waals surface area contributed by atoms with Crippen molar-refractivity contribution in [1.29, 1.82) is 0 Å². The predicted octanol–water partition coefficient (Wildman–Crippen LogP) is -1.05. The van der Waals surface area contributed by atoms with Crippen LogP contribution in [0.4, 0.5) is 0 Å². The van der Waals surface area contributed by atoms with Crippen LogP contribution in [0.15, 0.2) is 0 Å². The minimum Gasteiger partial charge on any atom is -0.481 e. The van der Waals surface area contributed by atoms with Crippen LogP contribution in [0.25, 0.3) is 0 Å². The molecule has 0 heterocycles. The molecule has 0 aromatic heterocycles. The molecule has 0 bridgehead atoms. The van der Waals surface area contributed by atoms with E-state index in [1.165, 1.54) is 13.8 Å². The molecule has 0 aliphatic rings. The minimum atomic E-state index is -1.22. The molecule has 4 N–H and O–H groups in total. The number of rotatable bonds is 7. The van der Waals surface area contributed by atoms with E-state index in [-0.39, 0.29) is 12.8 Å². The molecule has 0 aromatic rings. The van der Waals surface area contributed by atoms with Crippen molar-refractivity contribution < 1.29 is 29.4 Å². The molecular weight excluding hydrogens is 244 g/mol. The van der Waals surface area contributed by atoms with Crippen LogP contribution in [0, 0.1) is 0 Å². The van der Waals surface area contributed by atoms with Gasteiger partial charge in [-0.25, -0.2) is 0 Å². The lowest BCUT2D eigenvalue weighted by molar-refractivity contribution is -0.142. The van der Waals surface area contributed by atoms with Gasteiger partial charge in [-0.15, -0.1) is 0 Å². The first-order valence-electron chi connectivity index (χ1n) is 5.26. The van der Waals surface area contributed by atoms with Gasteiger partial charge in [-0.2, -0.15) is 0 Å². The molecule has 2 atom stereocenters. The molecule has 0 saturated carbocycles. The summed E-state index contributed by atoms with van der Waals surface area (Å²) >= 11 is 0. The highest BCUT2D eigenvalue weighted by atomic mass is 16.4. The Morgan fingerprint density at radius 3 is 2.06 bits per heavy atom. The van der Waals surface area contributed by atoms with E-state index in [4.69, 9.17) is 10.2 Å². The van der Waals surface area contributed by atoms with Gasteiger partial charge in [0, 0.05) is 13.3 Å². The van der Waals surface area contributed by atoms with E-state index in [9.17, 15) is 19.2 Å². The highest BCUT2D eigenvalue weighted by Gasteiger charge is 2.23. The average molecular weight is 260 g/mol. The number of carbonyl (C=O) groups excluding carboxylic acids is 2. The fourth-order valence-corrected chi connectivity index (χ4v) is 1.16. The lowest BCUT2D eigenvalue weighted by atomic mass is 10.1. The van der Waals surface area contributed by atoms with Crippen LogP contribution >= 0.6 is 0 Å². The fourth-order valence-electron chi connectivity index (χ4n) is 1.16. The molecule has 0 aliphatic heterocycles. The summed E-state index contributed by atoms with van der Waals surface area (Å²) < 4.78 is 0. The van der Waals surface area contributed by atoms with E-state index < -0.39 is 35.8 Å². The van der Waals surface area contributed by atoms with Crippen molar-refractivity contribution >= 4 is 23.8 Å². The van der Waals surface area contributed by atoms with Crippen molar-refractivity contribution in [1.82, 2.24) is 10.6 Å². The molecule has 0 saturated heterocycles. The zero-order valence-electron chi connectivity index (χ0n) is 10.1. The van der Waals surface area contributed by atoms with Crippen molar-refractivity contribution in [3.05, 3.63) is 0 Å². The number of nitrogens with one attached hydrogen (secondary N) is 2. The SMILES string of the molecule is CC(=O)N[C@@H](CCC(=O)O)C(=O)N[C@H](C)C(=O)O. The van der Waals surface area contributed by atoms with Gasteiger partial charge in [-0.05, 0) is 13.3 Å². The maximum atomic E-state index is 11.6. The van der Waals surface area contributed by atoms with Gasteiger partial charge in [0.2, 0.25) is 11.8 Å². The van der Waals surface area contributed by atoms with Crippen molar-refractivity contribution in [2.24, 2.45) is 0 Å². The highest BCUT2D eigenvalue weighted by Crippen LogP contribution is 1.99. The van der Waals surface area contributed by atoms with E-state index in [1.54, 1.807) is 0 Å². The third-order valence-corrected chi connectivity index (χ3v) is 2.07. The number of aliphatic carboxylic acids is 2. The summed E-state index contributed by atoms with van der Waals surface area (Å²) in [5, 5.41) is 21.6. The zero-order valence-corrected chi connectivity index (χ0v) is 10.1. The Morgan fingerprint density at radius 1 is 1.11 bits per heavy atom. The van der Waals surface area contributed by atoms with Crippen LogP contribution in [-0.4, -0.2) is 46.0 Å². The highest BCUT2D eigenvalue weighted by molar-refractivity contribution is 5.90. The van der Waals surface area contributed by atoms with Gasteiger partial charge in [-0.3, -0.25) is 19.2 Å². The summed E-state index contributed by atoms with van der Waals surface area (Å²) in [4.78, 5) is 43.4. The molecule has 0 aromatic carbocycles. The first kappa shape index (κ1) is 15.9. The van der Waals surface area contributed by atoms with Crippen molar-refractivity contribution in [2.75, 3.05) is 0 Å². The normalized spacial score (nSPS) is 13.2. The molecule has 8 nitrogen and oxygen atoms in total. The first-order valence-corrected chi connectivity index (χ1v) is 5.26. The molecule has 0 spiro atoms. The Bertz CT molecular complexity index is 354. The van der Waals surface area contributed by atoms with E-state index in [0.29, 0.717) is 0 Å². The largest absolute Gasteiger partial charge is 0.481 e. The van der Waals surface area contributed by atoms with Gasteiger partial charge in [0.05, 0.1) is 0 Å². The molecule has 8 heteroatoms. The molecule has 102 valence electrons. The van der Waals surface area contributed by atoms with Gasteiger partial charge in [0.25, 0.3) is 0 Å². The molecule has 0 rings (SSSR count). The van der Waals surface area contributed by atoms with Gasteiger partial charge in [0.15, 0.2) is 0 Å². The molecule has 0 fully saturated rings. The zero-order chi connectivity index (χ0) is 14.3. The Kier molecular flexibility index (Phi) is 6.40. The first-order chi connectivity index (χ1) is 8.23. The Labute approximate surface area is 103 Å². The summed E-state index contributed by atoms with van der Waals surface area (Å²) in [6.07, 6.45) is -0.410. The molecule has 0 unspecified atom stereocenters. The monoisotopic (exact) mass is 260 g/mol. The van der Waals surface area contributed by atoms with Crippen molar-refractivity contribution in [2.45, 2.75) is 38.8 Å². The summed E-state index contributed by atoms with van der Waals surface area (Å²) in [5.41, 5.74) is 0. The summed E-state index contributed by atoms with van der Waals surface area (Å²) in [5.74, 6) is -3.54. The topological polar surface area (TPSA) is 133 Å². The molecule has 0 radical (unpaired) electrons. The second kappa shape index (κ2) is 7.25. The van der Waals surface area contributed by atoms with Crippen LogP contribution in [0.5, 0.6) is 0 Å². The van der Waals surface area contributed by atoms with Crippen LogP contribution in [-0.2, 0) is 19.2 Å². The van der Waals surface area contributed by atoms with Crippen molar-refractivity contribution in [3.63, 3.8) is 0 Å². The molecular formula is C10H16N2O6. The number of carboxylic acids is 2. The van der Waals surface area contributed by atoms with E-state index in [1.807, 2.05) is 0 Å². The van der Waals surface area contributed by atoms with Gasteiger partial charge in [0.1, 0.15) is 12.1 Å². The second-order valence-electron chi connectivity index (χ2n) is 3.75. The predicted molar refractivity (Wildman–Crippen MR) is 59.7 cm³/mol. The molecule has 0 aliphatic carbocycles. The summed E-state index contributed by atoms with van der Waals surface area (Å²) in [6.45, 7) is 2.45. The smallest absolute Gasteiger partial charge is 0.325 e. The third-order valence-electron chi connectivity index (χ3n) is 2.07. The van der Waals surface area contributed by atoms with Crippen LogP contribution in [0.1, 0.15) is 26.7 Å². The van der Waals surface area contributed by atoms with Gasteiger partial charge < -0.3 is 20.8 Å². The summed E-state index contributed by atoms with van der Waals surface area (Å²) in [7, 11) is 0.